The Morgan fingerprint density at radius 1 is 1.29 bits per heavy atom. The Balaban J connectivity index is 2.46. The zero-order valence-electron chi connectivity index (χ0n) is 7.80. The van der Waals surface area contributed by atoms with Crippen LogP contribution in [0.2, 0.25) is 0 Å². The van der Waals surface area contributed by atoms with E-state index in [2.05, 4.69) is 0 Å². The van der Waals surface area contributed by atoms with Crippen molar-refractivity contribution in [1.29, 1.82) is 0 Å². The van der Waals surface area contributed by atoms with E-state index in [0.29, 0.717) is 13.2 Å². The molecule has 2 N–H and O–H groups in total. The van der Waals surface area contributed by atoms with Gasteiger partial charge >= 0.3 is 0 Å². The van der Waals surface area contributed by atoms with E-state index in [1.165, 1.54) is 12.1 Å². The van der Waals surface area contributed by atoms with Crippen LogP contribution in [0.1, 0.15) is 12.0 Å². The smallest absolute Gasteiger partial charge is 0.164 e. The first-order chi connectivity index (χ1) is 6.75. The molecule has 1 aromatic rings. The van der Waals surface area contributed by atoms with E-state index in [4.69, 9.17) is 10.5 Å². The molecule has 0 radical (unpaired) electrons. The molecule has 2 nitrogen and oxygen atoms in total. The molecule has 0 aliphatic heterocycles. The van der Waals surface area contributed by atoms with Gasteiger partial charge in [0, 0.05) is 12.2 Å². The third-order valence-corrected chi connectivity index (χ3v) is 1.78. The van der Waals surface area contributed by atoms with Gasteiger partial charge < -0.3 is 10.5 Å². The van der Waals surface area contributed by atoms with Gasteiger partial charge in [-0.3, -0.25) is 0 Å². The van der Waals surface area contributed by atoms with Gasteiger partial charge in [0.15, 0.2) is 11.6 Å². The fourth-order valence-corrected chi connectivity index (χ4v) is 1.03. The maximum atomic E-state index is 13.0. The van der Waals surface area contributed by atoms with Gasteiger partial charge in [-0.1, -0.05) is 12.1 Å². The Labute approximate surface area is 81.7 Å². The number of nitrogens with two attached hydrogens (primary N) is 1. The quantitative estimate of drug-likeness (QED) is 0.737. The van der Waals surface area contributed by atoms with Gasteiger partial charge in [0.1, 0.15) is 0 Å². The normalized spacial score (nSPS) is 10.5. The second-order valence-electron chi connectivity index (χ2n) is 2.91. The van der Waals surface area contributed by atoms with Gasteiger partial charge in [0.2, 0.25) is 0 Å². The molecule has 0 atom stereocenters. The van der Waals surface area contributed by atoms with Gasteiger partial charge in [0.25, 0.3) is 0 Å². The lowest BCUT2D eigenvalue weighted by molar-refractivity contribution is 0.117. The fraction of sp³-hybridized carbons (Fsp3) is 0.400. The van der Waals surface area contributed by atoms with E-state index in [1.54, 1.807) is 0 Å². The van der Waals surface area contributed by atoms with Crippen molar-refractivity contribution in [3.05, 3.63) is 35.4 Å². The molecule has 0 bridgehead atoms. The summed E-state index contributed by atoms with van der Waals surface area (Å²) in [6.07, 6.45) is 0.719. The predicted molar refractivity (Wildman–Crippen MR) is 49.7 cm³/mol. The van der Waals surface area contributed by atoms with Crippen LogP contribution in [-0.4, -0.2) is 13.2 Å². The van der Waals surface area contributed by atoms with Crippen LogP contribution in [0, 0.1) is 11.6 Å². The number of rotatable bonds is 5. The van der Waals surface area contributed by atoms with Crippen molar-refractivity contribution in [2.45, 2.75) is 13.0 Å². The first-order valence-electron chi connectivity index (χ1n) is 4.46. The summed E-state index contributed by atoms with van der Waals surface area (Å²) in [5.41, 5.74) is 5.49. The molecular weight excluding hydrogens is 188 g/mol. The third-order valence-electron chi connectivity index (χ3n) is 1.78. The molecule has 0 spiro atoms. The number of halogens is 2. The molecule has 0 saturated heterocycles. The number of ether oxygens (including phenoxy) is 1. The van der Waals surface area contributed by atoms with Crippen LogP contribution in [0.15, 0.2) is 18.2 Å². The second kappa shape index (κ2) is 5.67. The van der Waals surface area contributed by atoms with Crippen LogP contribution in [0.4, 0.5) is 8.78 Å². The molecule has 0 saturated carbocycles. The molecule has 0 aliphatic carbocycles. The molecule has 0 unspecified atom stereocenters. The first kappa shape index (κ1) is 11.1. The molecule has 0 fully saturated rings. The lowest BCUT2D eigenvalue weighted by Gasteiger charge is -2.04. The molecule has 78 valence electrons. The van der Waals surface area contributed by atoms with E-state index in [0.717, 1.165) is 12.5 Å². The second-order valence-corrected chi connectivity index (χ2v) is 2.91. The van der Waals surface area contributed by atoms with Crippen molar-refractivity contribution in [3.63, 3.8) is 0 Å². The van der Waals surface area contributed by atoms with Crippen LogP contribution in [-0.2, 0) is 11.3 Å². The van der Waals surface area contributed by atoms with Gasteiger partial charge in [-0.25, -0.2) is 8.78 Å². The SMILES string of the molecule is NCCCOCc1cccc(F)c1F. The predicted octanol–water partition coefficient (Wildman–Crippen LogP) is 1.83. The molecule has 14 heavy (non-hydrogen) atoms. The highest BCUT2D eigenvalue weighted by molar-refractivity contribution is 5.17. The third kappa shape index (κ3) is 3.05. The summed E-state index contributed by atoms with van der Waals surface area (Å²) in [6, 6.07) is 4.04. The summed E-state index contributed by atoms with van der Waals surface area (Å²) in [7, 11) is 0. The van der Waals surface area contributed by atoms with Crippen molar-refractivity contribution in [2.24, 2.45) is 5.73 Å². The average molecular weight is 201 g/mol. The average Bonchev–Trinajstić information content (AvgIpc) is 2.19. The molecule has 4 heteroatoms. The Morgan fingerprint density at radius 3 is 2.79 bits per heavy atom. The molecule has 0 aliphatic rings. The van der Waals surface area contributed by atoms with E-state index >= 15 is 0 Å². The monoisotopic (exact) mass is 201 g/mol. The summed E-state index contributed by atoms with van der Waals surface area (Å²) in [5.74, 6) is -1.68. The number of hydrogen-bond donors (Lipinski definition) is 1. The zero-order valence-corrected chi connectivity index (χ0v) is 7.80. The van der Waals surface area contributed by atoms with Crippen LogP contribution in [0.25, 0.3) is 0 Å². The molecular formula is C10H13F2NO. The number of hydrogen-bond acceptors (Lipinski definition) is 2. The number of benzene rings is 1. The van der Waals surface area contributed by atoms with Gasteiger partial charge in [0.05, 0.1) is 6.61 Å². The van der Waals surface area contributed by atoms with Crippen molar-refractivity contribution < 1.29 is 13.5 Å². The molecule has 1 aromatic carbocycles. The van der Waals surface area contributed by atoms with Crippen LogP contribution in [0.3, 0.4) is 0 Å². The highest BCUT2D eigenvalue weighted by Gasteiger charge is 2.06. The van der Waals surface area contributed by atoms with Crippen LogP contribution >= 0.6 is 0 Å². The summed E-state index contributed by atoms with van der Waals surface area (Å²) in [4.78, 5) is 0. The van der Waals surface area contributed by atoms with Crippen molar-refractivity contribution in [3.8, 4) is 0 Å². The molecule has 1 rings (SSSR count). The minimum atomic E-state index is -0.843. The van der Waals surface area contributed by atoms with E-state index < -0.39 is 11.6 Å². The highest BCUT2D eigenvalue weighted by atomic mass is 19.2. The topological polar surface area (TPSA) is 35.2 Å². The minimum Gasteiger partial charge on any atom is -0.377 e. The van der Waals surface area contributed by atoms with Gasteiger partial charge in [-0.15, -0.1) is 0 Å². The lowest BCUT2D eigenvalue weighted by Crippen LogP contribution is -2.05. The standard InChI is InChI=1S/C10H13F2NO/c11-9-4-1-3-8(10(9)12)7-14-6-2-5-13/h1,3-4H,2,5-7,13H2. The van der Waals surface area contributed by atoms with Crippen molar-refractivity contribution >= 4 is 0 Å². The summed E-state index contributed by atoms with van der Waals surface area (Å²) in [5, 5.41) is 0. The van der Waals surface area contributed by atoms with Gasteiger partial charge in [-0.2, -0.15) is 0 Å². The first-order valence-corrected chi connectivity index (χ1v) is 4.46. The molecule has 0 heterocycles. The van der Waals surface area contributed by atoms with Crippen LogP contribution in [0.5, 0.6) is 0 Å². The Hall–Kier alpha value is -1.00. The van der Waals surface area contributed by atoms with Gasteiger partial charge in [-0.05, 0) is 19.0 Å². The Bertz CT molecular complexity index is 291. The maximum absolute atomic E-state index is 13.0. The summed E-state index contributed by atoms with van der Waals surface area (Å²) < 4.78 is 30.8. The van der Waals surface area contributed by atoms with Crippen molar-refractivity contribution in [1.82, 2.24) is 0 Å². The van der Waals surface area contributed by atoms with E-state index in [-0.39, 0.29) is 12.2 Å². The molecule has 0 amide bonds. The Morgan fingerprint density at radius 2 is 2.07 bits per heavy atom. The maximum Gasteiger partial charge on any atom is 0.164 e. The summed E-state index contributed by atoms with van der Waals surface area (Å²) in [6.45, 7) is 1.08. The minimum absolute atomic E-state index is 0.0869. The zero-order chi connectivity index (χ0) is 10.4. The van der Waals surface area contributed by atoms with E-state index in [9.17, 15) is 8.78 Å². The van der Waals surface area contributed by atoms with Crippen LogP contribution < -0.4 is 5.73 Å². The molecule has 0 aromatic heterocycles. The fourth-order valence-electron chi connectivity index (χ4n) is 1.03. The highest BCUT2D eigenvalue weighted by Crippen LogP contribution is 2.12. The summed E-state index contributed by atoms with van der Waals surface area (Å²) >= 11 is 0. The Kier molecular flexibility index (Phi) is 4.49. The van der Waals surface area contributed by atoms with E-state index in [1.807, 2.05) is 0 Å². The lowest BCUT2D eigenvalue weighted by atomic mass is 10.2. The largest absolute Gasteiger partial charge is 0.377 e. The van der Waals surface area contributed by atoms with Crippen molar-refractivity contribution in [2.75, 3.05) is 13.2 Å².